The van der Waals surface area contributed by atoms with Crippen LogP contribution in [0, 0.1) is 6.92 Å². The molecule has 2 aromatic rings. The number of esters is 1. The maximum atomic E-state index is 12.7. The van der Waals surface area contributed by atoms with E-state index < -0.39 is 28.0 Å². The minimum atomic E-state index is -3.84. The van der Waals surface area contributed by atoms with E-state index in [2.05, 4.69) is 10.0 Å². The maximum Gasteiger partial charge on any atom is 0.338 e. The lowest BCUT2D eigenvalue weighted by atomic mass is 10.1. The predicted molar refractivity (Wildman–Crippen MR) is 110 cm³/mol. The van der Waals surface area contributed by atoms with Crippen LogP contribution in [0.2, 0.25) is 0 Å². The lowest BCUT2D eigenvalue weighted by Gasteiger charge is -2.16. The lowest BCUT2D eigenvalue weighted by molar-refractivity contribution is -0.129. The van der Waals surface area contributed by atoms with Crippen LogP contribution in [0.4, 0.5) is 0 Å². The third kappa shape index (κ3) is 6.40. The summed E-state index contributed by atoms with van der Waals surface area (Å²) in [6.07, 6.45) is -0.998. The summed E-state index contributed by atoms with van der Waals surface area (Å²) in [6.45, 7) is 6.83. The number of benzene rings is 2. The van der Waals surface area contributed by atoms with Gasteiger partial charge in [-0.15, -0.1) is 0 Å². The van der Waals surface area contributed by atoms with Gasteiger partial charge in [-0.3, -0.25) is 4.79 Å². The van der Waals surface area contributed by atoms with E-state index in [4.69, 9.17) is 4.74 Å². The molecule has 29 heavy (non-hydrogen) atoms. The van der Waals surface area contributed by atoms with Crippen LogP contribution in [0.5, 0.6) is 0 Å². The molecule has 0 heterocycles. The van der Waals surface area contributed by atoms with Crippen LogP contribution >= 0.6 is 0 Å². The van der Waals surface area contributed by atoms with Gasteiger partial charge in [-0.1, -0.05) is 36.4 Å². The maximum absolute atomic E-state index is 12.7. The first kappa shape index (κ1) is 22.6. The van der Waals surface area contributed by atoms with E-state index in [0.717, 1.165) is 5.56 Å². The van der Waals surface area contributed by atoms with Gasteiger partial charge in [-0.05, 0) is 51.0 Å². The monoisotopic (exact) mass is 418 g/mol. The normalized spacial score (nSPS) is 12.4. The van der Waals surface area contributed by atoms with Gasteiger partial charge in [-0.2, -0.15) is 0 Å². The SMILES string of the molecule is Cc1ccc(C(=O)O[C@@H](C)C(=O)NC(C)C)cc1S(=O)(=O)NCc1ccccc1. The van der Waals surface area contributed by atoms with Crippen molar-refractivity contribution in [3.8, 4) is 0 Å². The molecule has 2 rings (SSSR count). The van der Waals surface area contributed by atoms with Crippen molar-refractivity contribution in [3.63, 3.8) is 0 Å². The number of hydrogen-bond donors (Lipinski definition) is 2. The molecule has 2 N–H and O–H groups in total. The number of sulfonamides is 1. The van der Waals surface area contributed by atoms with Crippen LogP contribution in [0.15, 0.2) is 53.4 Å². The van der Waals surface area contributed by atoms with Crippen LogP contribution in [-0.2, 0) is 26.1 Å². The van der Waals surface area contributed by atoms with Crippen molar-refractivity contribution < 1.29 is 22.7 Å². The number of ether oxygens (including phenoxy) is 1. The van der Waals surface area contributed by atoms with Crippen molar-refractivity contribution in [3.05, 3.63) is 65.2 Å². The molecule has 1 atom stereocenters. The van der Waals surface area contributed by atoms with E-state index in [1.165, 1.54) is 25.1 Å². The zero-order valence-corrected chi connectivity index (χ0v) is 17.7. The number of rotatable bonds is 8. The third-order valence-electron chi connectivity index (χ3n) is 4.11. The third-order valence-corrected chi connectivity index (χ3v) is 5.65. The van der Waals surface area contributed by atoms with Crippen LogP contribution in [0.25, 0.3) is 0 Å². The first-order valence-electron chi connectivity index (χ1n) is 9.25. The highest BCUT2D eigenvalue weighted by Gasteiger charge is 2.22. The molecule has 1 amide bonds. The average molecular weight is 419 g/mol. The van der Waals surface area contributed by atoms with Crippen molar-refractivity contribution in [2.75, 3.05) is 0 Å². The van der Waals surface area contributed by atoms with E-state index in [1.807, 2.05) is 30.3 Å². The number of amides is 1. The van der Waals surface area contributed by atoms with E-state index in [9.17, 15) is 18.0 Å². The molecule has 156 valence electrons. The summed E-state index contributed by atoms with van der Waals surface area (Å²) in [5, 5.41) is 2.65. The van der Waals surface area contributed by atoms with Crippen molar-refractivity contribution in [2.45, 2.75) is 51.3 Å². The van der Waals surface area contributed by atoms with Crippen LogP contribution in [0.3, 0.4) is 0 Å². The fraction of sp³-hybridized carbons (Fsp3) is 0.333. The molecule has 0 unspecified atom stereocenters. The first-order valence-corrected chi connectivity index (χ1v) is 10.7. The Balaban J connectivity index is 2.15. The molecule has 0 fully saturated rings. The topological polar surface area (TPSA) is 102 Å². The van der Waals surface area contributed by atoms with Gasteiger partial charge in [-0.25, -0.2) is 17.9 Å². The summed E-state index contributed by atoms with van der Waals surface area (Å²) in [7, 11) is -3.84. The summed E-state index contributed by atoms with van der Waals surface area (Å²) in [5.41, 5.74) is 1.36. The second-order valence-corrected chi connectivity index (χ2v) is 8.74. The molecule has 0 saturated carbocycles. The molecule has 0 saturated heterocycles. The van der Waals surface area contributed by atoms with Gasteiger partial charge in [0.15, 0.2) is 6.10 Å². The molecule has 0 aliphatic rings. The molecule has 0 aliphatic carbocycles. The zero-order valence-electron chi connectivity index (χ0n) is 16.9. The number of aryl methyl sites for hydroxylation is 1. The van der Waals surface area contributed by atoms with E-state index in [0.29, 0.717) is 5.56 Å². The van der Waals surface area contributed by atoms with Crippen LogP contribution in [-0.4, -0.2) is 32.4 Å². The van der Waals surface area contributed by atoms with E-state index in [-0.39, 0.29) is 23.0 Å². The summed E-state index contributed by atoms with van der Waals surface area (Å²) in [5.74, 6) is -1.19. The fourth-order valence-electron chi connectivity index (χ4n) is 2.55. The number of nitrogens with one attached hydrogen (secondary N) is 2. The molecule has 2 aromatic carbocycles. The Morgan fingerprint density at radius 3 is 2.31 bits per heavy atom. The smallest absolute Gasteiger partial charge is 0.338 e. The zero-order chi connectivity index (χ0) is 21.6. The molecule has 0 radical (unpaired) electrons. The molecular weight excluding hydrogens is 392 g/mol. The average Bonchev–Trinajstić information content (AvgIpc) is 2.66. The molecule has 0 aliphatic heterocycles. The Bertz CT molecular complexity index is 972. The molecule has 8 heteroatoms. The molecular formula is C21H26N2O5S. The largest absolute Gasteiger partial charge is 0.449 e. The van der Waals surface area contributed by atoms with Gasteiger partial charge in [0.05, 0.1) is 10.5 Å². The number of carbonyl (C=O) groups is 2. The highest BCUT2D eigenvalue weighted by molar-refractivity contribution is 7.89. The van der Waals surface area contributed by atoms with Crippen LogP contribution in [0.1, 0.15) is 42.3 Å². The highest BCUT2D eigenvalue weighted by Crippen LogP contribution is 2.18. The van der Waals surface area contributed by atoms with Gasteiger partial charge in [0.2, 0.25) is 10.0 Å². The summed E-state index contributed by atoms with van der Waals surface area (Å²) < 4.78 is 33.2. The Morgan fingerprint density at radius 2 is 1.69 bits per heavy atom. The van der Waals surface area contributed by atoms with Gasteiger partial charge < -0.3 is 10.1 Å². The summed E-state index contributed by atoms with van der Waals surface area (Å²) in [6, 6.07) is 13.3. The minimum absolute atomic E-state index is 0.0119. The Hall–Kier alpha value is -2.71. The Kier molecular flexibility index (Phi) is 7.53. The minimum Gasteiger partial charge on any atom is -0.449 e. The molecule has 0 aromatic heterocycles. The molecule has 0 bridgehead atoms. The Morgan fingerprint density at radius 1 is 1.03 bits per heavy atom. The standard InChI is InChI=1S/C21H26N2O5S/c1-14(2)23-20(24)16(4)28-21(25)18-11-10-15(3)19(12-18)29(26,27)22-13-17-8-6-5-7-9-17/h5-12,14,16,22H,13H2,1-4H3,(H,23,24)/t16-/m0/s1. The van der Waals surface area contributed by atoms with Crippen molar-refractivity contribution >= 4 is 21.9 Å². The van der Waals surface area contributed by atoms with Crippen molar-refractivity contribution in [2.24, 2.45) is 0 Å². The van der Waals surface area contributed by atoms with E-state index >= 15 is 0 Å². The van der Waals surface area contributed by atoms with Crippen molar-refractivity contribution in [1.82, 2.24) is 10.0 Å². The van der Waals surface area contributed by atoms with Gasteiger partial charge >= 0.3 is 5.97 Å². The van der Waals surface area contributed by atoms with E-state index in [1.54, 1.807) is 20.8 Å². The fourth-order valence-corrected chi connectivity index (χ4v) is 3.84. The number of hydrogen-bond acceptors (Lipinski definition) is 5. The molecule has 7 nitrogen and oxygen atoms in total. The van der Waals surface area contributed by atoms with Gasteiger partial charge in [0.25, 0.3) is 5.91 Å². The predicted octanol–water partition coefficient (Wildman–Crippen LogP) is 2.54. The van der Waals surface area contributed by atoms with Gasteiger partial charge in [0.1, 0.15) is 0 Å². The second kappa shape index (κ2) is 9.67. The second-order valence-electron chi connectivity index (χ2n) is 7.00. The first-order chi connectivity index (χ1) is 13.6. The summed E-state index contributed by atoms with van der Waals surface area (Å²) in [4.78, 5) is 24.3. The van der Waals surface area contributed by atoms with Gasteiger partial charge in [0, 0.05) is 12.6 Å². The lowest BCUT2D eigenvalue weighted by Crippen LogP contribution is -2.39. The summed E-state index contributed by atoms with van der Waals surface area (Å²) >= 11 is 0. The van der Waals surface area contributed by atoms with Crippen molar-refractivity contribution in [1.29, 1.82) is 0 Å². The number of carbonyl (C=O) groups excluding carboxylic acids is 2. The quantitative estimate of drug-likeness (QED) is 0.642. The Labute approximate surface area is 171 Å². The van der Waals surface area contributed by atoms with Crippen LogP contribution < -0.4 is 10.0 Å². The highest BCUT2D eigenvalue weighted by atomic mass is 32.2. The molecule has 0 spiro atoms.